The Hall–Kier alpha value is -6.84. The molecule has 11 rings (SSSR count). The van der Waals surface area contributed by atoms with Gasteiger partial charge in [-0.1, -0.05) is 115 Å². The second-order valence-electron chi connectivity index (χ2n) is 13.3. The Morgan fingerprint density at radius 1 is 0.353 bits per heavy atom. The summed E-state index contributed by atoms with van der Waals surface area (Å²) >= 11 is 0. The van der Waals surface area contributed by atoms with E-state index in [2.05, 4.69) is 179 Å². The van der Waals surface area contributed by atoms with E-state index in [1.54, 1.807) is 0 Å². The fourth-order valence-corrected chi connectivity index (χ4v) is 8.36. The molecule has 3 heteroatoms. The Morgan fingerprint density at radius 2 is 0.882 bits per heavy atom. The van der Waals surface area contributed by atoms with E-state index >= 15 is 0 Å². The normalized spacial score (nSPS) is 11.9. The molecule has 0 radical (unpaired) electrons. The number of hydrogen-bond acceptors (Lipinski definition) is 2. The van der Waals surface area contributed by atoms with Crippen LogP contribution in [0.1, 0.15) is 0 Å². The molecule has 2 heterocycles. The van der Waals surface area contributed by atoms with Crippen molar-refractivity contribution in [2.75, 3.05) is 4.90 Å². The van der Waals surface area contributed by atoms with Gasteiger partial charge in [0.1, 0.15) is 11.2 Å². The molecule has 11 aromatic rings. The highest BCUT2D eigenvalue weighted by molar-refractivity contribution is 6.26. The van der Waals surface area contributed by atoms with Crippen molar-refractivity contribution in [2.24, 2.45) is 0 Å². The molecule has 0 spiro atoms. The number of aromatic nitrogens is 1. The van der Waals surface area contributed by atoms with E-state index in [9.17, 15) is 0 Å². The van der Waals surface area contributed by atoms with Gasteiger partial charge in [0.05, 0.1) is 16.7 Å². The predicted octanol–water partition coefficient (Wildman–Crippen LogP) is 13.6. The summed E-state index contributed by atoms with van der Waals surface area (Å²) in [5.74, 6) is 0. The fraction of sp³-hybridized carbons (Fsp3) is 0. The predicted molar refractivity (Wildman–Crippen MR) is 215 cm³/mol. The van der Waals surface area contributed by atoms with Crippen LogP contribution in [0.4, 0.5) is 17.1 Å². The second kappa shape index (κ2) is 10.8. The van der Waals surface area contributed by atoms with Crippen molar-refractivity contribution in [2.45, 2.75) is 0 Å². The average molecular weight is 651 g/mol. The van der Waals surface area contributed by atoms with Crippen LogP contribution in [-0.4, -0.2) is 4.57 Å². The molecule has 0 atom stereocenters. The van der Waals surface area contributed by atoms with Gasteiger partial charge in [0.15, 0.2) is 0 Å². The first-order valence-corrected chi connectivity index (χ1v) is 17.4. The molecule has 2 aromatic heterocycles. The molecular weight excluding hydrogens is 621 g/mol. The lowest BCUT2D eigenvalue weighted by Gasteiger charge is -2.27. The van der Waals surface area contributed by atoms with Gasteiger partial charge in [0, 0.05) is 44.7 Å². The number of para-hydroxylation sites is 3. The topological polar surface area (TPSA) is 21.3 Å². The summed E-state index contributed by atoms with van der Waals surface area (Å²) in [4.78, 5) is 2.42. The zero-order valence-electron chi connectivity index (χ0n) is 27.6. The van der Waals surface area contributed by atoms with E-state index in [1.807, 2.05) is 12.1 Å². The van der Waals surface area contributed by atoms with Gasteiger partial charge in [0.25, 0.3) is 0 Å². The maximum absolute atomic E-state index is 6.48. The largest absolute Gasteiger partial charge is 0.456 e. The lowest BCUT2D eigenvalue weighted by molar-refractivity contribution is 0.669. The third-order valence-electron chi connectivity index (χ3n) is 10.5. The van der Waals surface area contributed by atoms with Gasteiger partial charge in [0.2, 0.25) is 0 Å². The van der Waals surface area contributed by atoms with Crippen LogP contribution in [0.15, 0.2) is 186 Å². The molecule has 51 heavy (non-hydrogen) atoms. The number of fused-ring (bicyclic) bond motifs is 12. The van der Waals surface area contributed by atoms with Crippen molar-refractivity contribution >= 4 is 93.1 Å². The Bertz CT molecular complexity index is 3120. The summed E-state index contributed by atoms with van der Waals surface area (Å²) in [6.45, 7) is 0. The van der Waals surface area contributed by atoms with Crippen molar-refractivity contribution in [1.29, 1.82) is 0 Å². The summed E-state index contributed by atoms with van der Waals surface area (Å²) in [7, 11) is 0. The average Bonchev–Trinajstić information content (AvgIpc) is 3.74. The first kappa shape index (κ1) is 28.0. The standard InChI is InChI=1S/C48H30N2O/c1-2-13-31(14-3-1)50-43-21-10-8-20-41(43)48-44(22-12-23-45(48)50)49(33-26-28-40-39-19-9-11-24-46(39)51-47(40)30-33)32-25-27-38-36-17-5-4-15-34(36)35-16-6-7-18-37(35)42(38)29-32/h1-30H. The van der Waals surface area contributed by atoms with E-state index in [0.29, 0.717) is 0 Å². The zero-order valence-corrected chi connectivity index (χ0v) is 27.6. The van der Waals surface area contributed by atoms with E-state index in [0.717, 1.165) is 50.2 Å². The maximum Gasteiger partial charge on any atom is 0.137 e. The summed E-state index contributed by atoms with van der Waals surface area (Å²) in [6.07, 6.45) is 0. The molecule has 238 valence electrons. The molecule has 0 aliphatic heterocycles. The third-order valence-corrected chi connectivity index (χ3v) is 10.5. The van der Waals surface area contributed by atoms with Crippen LogP contribution in [0.2, 0.25) is 0 Å². The molecule has 0 fully saturated rings. The van der Waals surface area contributed by atoms with Crippen LogP contribution in [0.3, 0.4) is 0 Å². The van der Waals surface area contributed by atoms with Crippen molar-refractivity contribution in [3.63, 3.8) is 0 Å². The lowest BCUT2D eigenvalue weighted by Crippen LogP contribution is -2.10. The van der Waals surface area contributed by atoms with Crippen LogP contribution in [0, 0.1) is 0 Å². The minimum Gasteiger partial charge on any atom is -0.456 e. The van der Waals surface area contributed by atoms with Gasteiger partial charge in [-0.05, 0) is 93.0 Å². The van der Waals surface area contributed by atoms with Crippen LogP contribution in [0.5, 0.6) is 0 Å². The highest BCUT2D eigenvalue weighted by Gasteiger charge is 2.22. The van der Waals surface area contributed by atoms with Gasteiger partial charge in [-0.15, -0.1) is 0 Å². The number of hydrogen-bond donors (Lipinski definition) is 0. The van der Waals surface area contributed by atoms with Gasteiger partial charge < -0.3 is 13.9 Å². The van der Waals surface area contributed by atoms with Crippen molar-refractivity contribution in [3.8, 4) is 5.69 Å². The van der Waals surface area contributed by atoms with Gasteiger partial charge >= 0.3 is 0 Å². The Morgan fingerprint density at radius 3 is 1.63 bits per heavy atom. The molecular formula is C48H30N2O. The highest BCUT2D eigenvalue weighted by Crippen LogP contribution is 2.46. The first-order valence-electron chi connectivity index (χ1n) is 17.4. The number of nitrogens with zero attached hydrogens (tertiary/aromatic N) is 2. The molecule has 0 aliphatic carbocycles. The van der Waals surface area contributed by atoms with Crippen molar-refractivity contribution < 1.29 is 4.42 Å². The minimum atomic E-state index is 0.870. The SMILES string of the molecule is c1ccc(-n2c3ccccc3c3c(N(c4ccc5c(c4)oc4ccccc45)c4ccc5c6ccccc6c6ccccc6c5c4)cccc32)cc1. The third kappa shape index (κ3) is 4.12. The summed E-state index contributed by atoms with van der Waals surface area (Å²) < 4.78 is 8.86. The second-order valence-corrected chi connectivity index (χ2v) is 13.3. The molecule has 0 N–H and O–H groups in total. The summed E-state index contributed by atoms with van der Waals surface area (Å²) in [5, 5.41) is 12.2. The van der Waals surface area contributed by atoms with E-state index < -0.39 is 0 Å². The molecule has 0 aliphatic rings. The van der Waals surface area contributed by atoms with Gasteiger partial charge in [-0.25, -0.2) is 0 Å². The fourth-order valence-electron chi connectivity index (χ4n) is 8.36. The van der Waals surface area contributed by atoms with Crippen molar-refractivity contribution in [1.82, 2.24) is 4.57 Å². The van der Waals surface area contributed by atoms with E-state index in [-0.39, 0.29) is 0 Å². The van der Waals surface area contributed by atoms with Crippen LogP contribution in [-0.2, 0) is 0 Å². The lowest BCUT2D eigenvalue weighted by atomic mass is 9.94. The smallest absolute Gasteiger partial charge is 0.137 e. The quantitative estimate of drug-likeness (QED) is 0.177. The van der Waals surface area contributed by atoms with Crippen molar-refractivity contribution in [3.05, 3.63) is 182 Å². The van der Waals surface area contributed by atoms with Gasteiger partial charge in [-0.2, -0.15) is 0 Å². The Kier molecular flexibility index (Phi) is 5.96. The van der Waals surface area contributed by atoms with Crippen LogP contribution < -0.4 is 4.90 Å². The van der Waals surface area contributed by atoms with Crippen LogP contribution in [0.25, 0.3) is 81.7 Å². The number of furan rings is 1. The van der Waals surface area contributed by atoms with Gasteiger partial charge in [-0.3, -0.25) is 0 Å². The molecule has 0 saturated carbocycles. The highest BCUT2D eigenvalue weighted by atomic mass is 16.3. The molecule has 0 amide bonds. The van der Waals surface area contributed by atoms with E-state index in [4.69, 9.17) is 4.42 Å². The number of benzene rings is 9. The van der Waals surface area contributed by atoms with Crippen LogP contribution >= 0.6 is 0 Å². The zero-order chi connectivity index (χ0) is 33.5. The Labute approximate surface area is 293 Å². The number of anilines is 3. The molecule has 0 bridgehead atoms. The van der Waals surface area contributed by atoms with E-state index in [1.165, 1.54) is 48.6 Å². The first-order chi connectivity index (χ1) is 25.3. The minimum absolute atomic E-state index is 0.870. The molecule has 0 saturated heterocycles. The molecule has 0 unspecified atom stereocenters. The monoisotopic (exact) mass is 650 g/mol. The summed E-state index contributed by atoms with van der Waals surface area (Å²) in [5.41, 5.74) is 8.47. The molecule has 9 aromatic carbocycles. The Balaban J connectivity index is 1.25. The number of rotatable bonds is 4. The summed E-state index contributed by atoms with van der Waals surface area (Å²) in [6, 6.07) is 65.6. The maximum atomic E-state index is 6.48. The molecule has 3 nitrogen and oxygen atoms in total.